The molecule has 0 atom stereocenters. The van der Waals surface area contributed by atoms with Crippen LogP contribution in [0.3, 0.4) is 0 Å². The second kappa shape index (κ2) is 3.96. The van der Waals surface area contributed by atoms with Crippen LogP contribution in [-0.2, 0) is 0 Å². The van der Waals surface area contributed by atoms with E-state index in [9.17, 15) is 0 Å². The topological polar surface area (TPSA) is 77.8 Å². The normalized spacial score (nSPS) is 10.9. The van der Waals surface area contributed by atoms with Crippen LogP contribution in [-0.4, -0.2) is 9.97 Å². The zero-order chi connectivity index (χ0) is 12.7. The smallest absolute Gasteiger partial charge is 0.162 e. The number of hydrogen-bond donors (Lipinski definition) is 2. The van der Waals surface area contributed by atoms with Crippen LogP contribution in [0, 0.1) is 6.92 Å². The predicted octanol–water partition coefficient (Wildman–Crippen LogP) is 2.83. The number of nitrogens with two attached hydrogens (primary N) is 2. The van der Waals surface area contributed by atoms with Crippen molar-refractivity contribution in [1.82, 2.24) is 9.97 Å². The zero-order valence-electron chi connectivity index (χ0n) is 9.84. The van der Waals surface area contributed by atoms with Gasteiger partial charge in [0.05, 0.1) is 10.4 Å². The summed E-state index contributed by atoms with van der Waals surface area (Å²) in [6.45, 7) is 2.02. The van der Waals surface area contributed by atoms with Gasteiger partial charge in [-0.2, -0.15) is 0 Å². The minimum Gasteiger partial charge on any atom is -0.396 e. The van der Waals surface area contributed by atoms with Gasteiger partial charge in [-0.25, -0.2) is 9.97 Å². The van der Waals surface area contributed by atoms with Gasteiger partial charge in [-0.3, -0.25) is 0 Å². The molecule has 90 valence electrons. The quantitative estimate of drug-likeness (QED) is 0.701. The van der Waals surface area contributed by atoms with E-state index < -0.39 is 0 Å². The molecule has 2 aromatic heterocycles. The Balaban J connectivity index is 2.31. The van der Waals surface area contributed by atoms with E-state index in [0.29, 0.717) is 17.3 Å². The number of thiophene rings is 1. The summed E-state index contributed by atoms with van der Waals surface area (Å²) in [7, 11) is 0. The number of nitrogens with zero attached hydrogens (tertiary/aromatic N) is 2. The van der Waals surface area contributed by atoms with Crippen LogP contribution in [0.4, 0.5) is 11.5 Å². The molecular formula is C13H12N4S. The molecule has 0 aliphatic rings. The van der Waals surface area contributed by atoms with Crippen molar-refractivity contribution < 1.29 is 0 Å². The first-order chi connectivity index (χ1) is 8.66. The monoisotopic (exact) mass is 256 g/mol. The fraction of sp³-hybridized carbons (Fsp3) is 0.0769. The Morgan fingerprint density at radius 1 is 1.11 bits per heavy atom. The van der Waals surface area contributed by atoms with Gasteiger partial charge in [-0.15, -0.1) is 11.3 Å². The van der Waals surface area contributed by atoms with Gasteiger partial charge in [0.15, 0.2) is 5.82 Å². The number of fused-ring (bicyclic) bond motifs is 1. The molecule has 0 aliphatic heterocycles. The van der Waals surface area contributed by atoms with Gasteiger partial charge >= 0.3 is 0 Å². The fourth-order valence-electron chi connectivity index (χ4n) is 1.90. The van der Waals surface area contributed by atoms with Gasteiger partial charge < -0.3 is 11.5 Å². The number of aryl methyl sites for hydroxylation is 1. The maximum Gasteiger partial charge on any atom is 0.162 e. The molecule has 1 aromatic carbocycles. The van der Waals surface area contributed by atoms with Crippen molar-refractivity contribution in [2.24, 2.45) is 0 Å². The van der Waals surface area contributed by atoms with Crippen LogP contribution >= 0.6 is 11.3 Å². The lowest BCUT2D eigenvalue weighted by Crippen LogP contribution is -1.98. The van der Waals surface area contributed by atoms with E-state index >= 15 is 0 Å². The van der Waals surface area contributed by atoms with Gasteiger partial charge in [0.25, 0.3) is 0 Å². The predicted molar refractivity (Wildman–Crippen MR) is 76.4 cm³/mol. The lowest BCUT2D eigenvalue weighted by atomic mass is 10.1. The van der Waals surface area contributed by atoms with Crippen LogP contribution < -0.4 is 11.5 Å². The highest BCUT2D eigenvalue weighted by molar-refractivity contribution is 7.18. The van der Waals surface area contributed by atoms with Gasteiger partial charge in [0.2, 0.25) is 0 Å². The van der Waals surface area contributed by atoms with E-state index in [1.807, 2.05) is 36.6 Å². The molecule has 0 bridgehead atoms. The summed E-state index contributed by atoms with van der Waals surface area (Å²) < 4.78 is 0.852. The molecule has 5 heteroatoms. The third-order valence-electron chi connectivity index (χ3n) is 2.85. The van der Waals surface area contributed by atoms with Crippen LogP contribution in [0.15, 0.2) is 29.6 Å². The van der Waals surface area contributed by atoms with Crippen molar-refractivity contribution in [3.63, 3.8) is 0 Å². The van der Waals surface area contributed by atoms with Crippen molar-refractivity contribution in [3.05, 3.63) is 35.2 Å². The first kappa shape index (κ1) is 11.0. The van der Waals surface area contributed by atoms with Crippen LogP contribution in [0.25, 0.3) is 21.6 Å². The van der Waals surface area contributed by atoms with Gasteiger partial charge in [0, 0.05) is 10.9 Å². The minimum absolute atomic E-state index is 0.486. The van der Waals surface area contributed by atoms with E-state index in [0.717, 1.165) is 21.3 Å². The van der Waals surface area contributed by atoms with E-state index in [2.05, 4.69) is 9.97 Å². The SMILES string of the molecule is Cc1ccccc1-c1nc(N)c2scc(N)c2n1. The highest BCUT2D eigenvalue weighted by atomic mass is 32.1. The summed E-state index contributed by atoms with van der Waals surface area (Å²) in [4.78, 5) is 8.89. The Bertz CT molecular complexity index is 733. The van der Waals surface area contributed by atoms with Crippen LogP contribution in [0.1, 0.15) is 5.56 Å². The van der Waals surface area contributed by atoms with Gasteiger partial charge in [-0.05, 0) is 12.5 Å². The van der Waals surface area contributed by atoms with E-state index in [1.165, 1.54) is 11.3 Å². The molecule has 18 heavy (non-hydrogen) atoms. The number of aromatic nitrogens is 2. The Morgan fingerprint density at radius 2 is 1.89 bits per heavy atom. The molecule has 0 saturated heterocycles. The summed E-state index contributed by atoms with van der Waals surface area (Å²) in [5, 5.41) is 1.84. The van der Waals surface area contributed by atoms with Crippen LogP contribution in [0.5, 0.6) is 0 Å². The standard InChI is InChI=1S/C13H12N4S/c1-7-4-2-3-5-8(7)13-16-10-9(14)6-18-11(10)12(15)17-13/h2-6H,14H2,1H3,(H2,15,16,17). The zero-order valence-corrected chi connectivity index (χ0v) is 10.7. The number of nitrogen functional groups attached to an aromatic ring is 2. The van der Waals surface area contributed by atoms with Gasteiger partial charge in [0.1, 0.15) is 11.3 Å². The molecular weight excluding hydrogens is 244 g/mol. The summed E-state index contributed by atoms with van der Waals surface area (Å²) >= 11 is 1.47. The molecule has 0 radical (unpaired) electrons. The van der Waals surface area contributed by atoms with E-state index in [-0.39, 0.29) is 0 Å². The summed E-state index contributed by atoms with van der Waals surface area (Å²) in [6.07, 6.45) is 0. The molecule has 0 saturated carbocycles. The first-order valence-corrected chi connectivity index (χ1v) is 6.41. The molecule has 0 unspecified atom stereocenters. The molecule has 3 rings (SSSR count). The highest BCUT2D eigenvalue weighted by Gasteiger charge is 2.12. The molecule has 0 amide bonds. The van der Waals surface area contributed by atoms with Crippen molar-refractivity contribution >= 4 is 33.1 Å². The highest BCUT2D eigenvalue weighted by Crippen LogP contribution is 2.32. The number of anilines is 2. The molecule has 0 spiro atoms. The summed E-state index contributed by atoms with van der Waals surface area (Å²) in [6, 6.07) is 7.96. The van der Waals surface area contributed by atoms with Crippen molar-refractivity contribution in [2.45, 2.75) is 6.92 Å². The summed E-state index contributed by atoms with van der Waals surface area (Å²) in [5.74, 6) is 1.11. The second-order valence-electron chi connectivity index (χ2n) is 4.12. The lowest BCUT2D eigenvalue weighted by Gasteiger charge is -2.05. The van der Waals surface area contributed by atoms with Crippen molar-refractivity contribution in [2.75, 3.05) is 11.5 Å². The molecule has 4 N–H and O–H groups in total. The summed E-state index contributed by atoms with van der Waals surface area (Å²) in [5.41, 5.74) is 15.3. The average molecular weight is 256 g/mol. The van der Waals surface area contributed by atoms with E-state index in [4.69, 9.17) is 11.5 Å². The van der Waals surface area contributed by atoms with Gasteiger partial charge in [-0.1, -0.05) is 24.3 Å². The number of benzene rings is 1. The molecule has 0 fully saturated rings. The first-order valence-electron chi connectivity index (χ1n) is 5.53. The fourth-order valence-corrected chi connectivity index (χ4v) is 2.70. The largest absolute Gasteiger partial charge is 0.396 e. The minimum atomic E-state index is 0.486. The number of hydrogen-bond acceptors (Lipinski definition) is 5. The number of rotatable bonds is 1. The second-order valence-corrected chi connectivity index (χ2v) is 5.00. The Hall–Kier alpha value is -2.14. The van der Waals surface area contributed by atoms with Crippen LogP contribution in [0.2, 0.25) is 0 Å². The van der Waals surface area contributed by atoms with Crippen molar-refractivity contribution in [1.29, 1.82) is 0 Å². The molecule has 0 aliphatic carbocycles. The third kappa shape index (κ3) is 1.60. The molecule has 4 nitrogen and oxygen atoms in total. The average Bonchev–Trinajstić information content (AvgIpc) is 2.72. The Labute approximate surface area is 108 Å². The Kier molecular flexibility index (Phi) is 2.41. The lowest BCUT2D eigenvalue weighted by molar-refractivity contribution is 1.23. The Morgan fingerprint density at radius 3 is 2.67 bits per heavy atom. The third-order valence-corrected chi connectivity index (χ3v) is 3.86. The van der Waals surface area contributed by atoms with E-state index in [1.54, 1.807) is 0 Å². The maximum absolute atomic E-state index is 5.96. The molecule has 3 aromatic rings. The maximum atomic E-state index is 5.96. The molecule has 2 heterocycles. The van der Waals surface area contributed by atoms with Crippen molar-refractivity contribution in [3.8, 4) is 11.4 Å².